The van der Waals surface area contributed by atoms with Crippen molar-refractivity contribution in [3.05, 3.63) is 54.2 Å². The highest BCUT2D eigenvalue weighted by Gasteiger charge is 2.25. The van der Waals surface area contributed by atoms with Gasteiger partial charge in [-0.05, 0) is 24.5 Å². The smallest absolute Gasteiger partial charge is 0.227 e. The maximum Gasteiger partial charge on any atom is 0.227 e. The number of aromatic nitrogens is 2. The Bertz CT molecular complexity index is 666. The fraction of sp³-hybridized carbons (Fsp3) is 0.353. The lowest BCUT2D eigenvalue weighted by atomic mass is 10.1. The van der Waals surface area contributed by atoms with Gasteiger partial charge in [-0.15, -0.1) is 0 Å². The highest BCUT2D eigenvalue weighted by molar-refractivity contribution is 5.79. The molecular weight excluding hydrogens is 297 g/mol. The Kier molecular flexibility index (Phi) is 4.80. The van der Waals surface area contributed by atoms with Crippen LogP contribution in [-0.4, -0.2) is 40.0 Å². The van der Waals surface area contributed by atoms with Crippen LogP contribution in [0.4, 0.5) is 4.39 Å². The summed E-state index contributed by atoms with van der Waals surface area (Å²) in [7, 11) is 0. The van der Waals surface area contributed by atoms with Crippen LogP contribution in [0.3, 0.4) is 0 Å². The molecule has 1 amide bonds. The number of ether oxygens (including phenoxy) is 1. The van der Waals surface area contributed by atoms with E-state index in [1.54, 1.807) is 35.4 Å². The number of likely N-dealkylation sites (tertiary alicyclic amines) is 1. The van der Waals surface area contributed by atoms with E-state index in [0.717, 1.165) is 12.8 Å². The molecule has 5 nitrogen and oxygen atoms in total. The van der Waals surface area contributed by atoms with Crippen molar-refractivity contribution in [3.8, 4) is 5.88 Å². The zero-order valence-electron chi connectivity index (χ0n) is 12.7. The maximum absolute atomic E-state index is 13.7. The lowest BCUT2D eigenvalue weighted by Crippen LogP contribution is -2.45. The van der Waals surface area contributed by atoms with E-state index in [2.05, 4.69) is 9.97 Å². The fourth-order valence-corrected chi connectivity index (χ4v) is 2.70. The van der Waals surface area contributed by atoms with Gasteiger partial charge in [0.15, 0.2) is 0 Å². The predicted molar refractivity (Wildman–Crippen MR) is 82.4 cm³/mol. The number of carbonyl (C=O) groups excluding carboxylic acids is 1. The number of nitrogens with zero attached hydrogens (tertiary/aromatic N) is 3. The minimum absolute atomic E-state index is 0.0763. The first-order chi connectivity index (χ1) is 11.2. The number of rotatable bonds is 4. The van der Waals surface area contributed by atoms with E-state index in [1.807, 2.05) is 0 Å². The molecular formula is C17H18FN3O2. The third kappa shape index (κ3) is 4.03. The van der Waals surface area contributed by atoms with Gasteiger partial charge in [-0.1, -0.05) is 18.2 Å². The van der Waals surface area contributed by atoms with E-state index in [1.165, 1.54) is 12.4 Å². The van der Waals surface area contributed by atoms with Crippen LogP contribution in [0.25, 0.3) is 0 Å². The number of benzene rings is 1. The summed E-state index contributed by atoms with van der Waals surface area (Å²) < 4.78 is 19.5. The van der Waals surface area contributed by atoms with Gasteiger partial charge in [0, 0.05) is 18.8 Å². The molecule has 1 fully saturated rings. The maximum atomic E-state index is 13.7. The Morgan fingerprint density at radius 2 is 2.22 bits per heavy atom. The summed E-state index contributed by atoms with van der Waals surface area (Å²) in [5, 5.41) is 0. The minimum Gasteiger partial charge on any atom is -0.472 e. The van der Waals surface area contributed by atoms with Gasteiger partial charge in [-0.2, -0.15) is 0 Å². The predicted octanol–water partition coefficient (Wildman–Crippen LogP) is 2.23. The van der Waals surface area contributed by atoms with E-state index in [-0.39, 0.29) is 24.2 Å². The Hall–Kier alpha value is -2.50. The van der Waals surface area contributed by atoms with E-state index < -0.39 is 0 Å². The zero-order valence-corrected chi connectivity index (χ0v) is 12.7. The van der Waals surface area contributed by atoms with Crippen molar-refractivity contribution >= 4 is 5.91 Å². The molecule has 1 aromatic carbocycles. The Labute approximate surface area is 134 Å². The number of piperidine rings is 1. The van der Waals surface area contributed by atoms with Crippen LogP contribution in [0, 0.1) is 5.82 Å². The number of carbonyl (C=O) groups is 1. The van der Waals surface area contributed by atoms with Gasteiger partial charge in [0.2, 0.25) is 11.8 Å². The molecule has 1 aliphatic heterocycles. The number of hydrogen-bond acceptors (Lipinski definition) is 4. The molecule has 0 saturated carbocycles. The standard InChI is InChI=1S/C17H18FN3O2/c18-15-6-2-1-4-13(15)10-17(22)21-9-3-5-14(11-21)23-16-7-8-19-12-20-16/h1-2,4,6-8,12,14H,3,5,9-11H2. The van der Waals surface area contributed by atoms with Crippen molar-refractivity contribution in [3.63, 3.8) is 0 Å². The molecule has 1 aromatic heterocycles. The summed E-state index contributed by atoms with van der Waals surface area (Å²) in [6.45, 7) is 1.17. The SMILES string of the molecule is O=C(Cc1ccccc1F)N1CCCC(Oc2ccncn2)C1. The van der Waals surface area contributed by atoms with Crippen LogP contribution in [0.2, 0.25) is 0 Å². The summed E-state index contributed by atoms with van der Waals surface area (Å²) in [4.78, 5) is 22.0. The molecule has 1 atom stereocenters. The topological polar surface area (TPSA) is 55.3 Å². The van der Waals surface area contributed by atoms with Crippen LogP contribution in [0.5, 0.6) is 5.88 Å². The number of halogens is 1. The third-order valence-corrected chi connectivity index (χ3v) is 3.87. The van der Waals surface area contributed by atoms with Crippen molar-refractivity contribution in [1.29, 1.82) is 0 Å². The summed E-state index contributed by atoms with van der Waals surface area (Å²) in [6, 6.07) is 8.07. The lowest BCUT2D eigenvalue weighted by Gasteiger charge is -2.32. The Morgan fingerprint density at radius 3 is 3.00 bits per heavy atom. The molecule has 2 aromatic rings. The second kappa shape index (κ2) is 7.17. The average Bonchev–Trinajstić information content (AvgIpc) is 2.58. The van der Waals surface area contributed by atoms with Crippen LogP contribution in [0.1, 0.15) is 18.4 Å². The summed E-state index contributed by atoms with van der Waals surface area (Å²) >= 11 is 0. The molecule has 0 aliphatic carbocycles. The molecule has 1 aliphatic rings. The van der Waals surface area contributed by atoms with E-state index in [9.17, 15) is 9.18 Å². The molecule has 0 spiro atoms. The normalized spacial score (nSPS) is 17.8. The molecule has 1 unspecified atom stereocenters. The fourth-order valence-electron chi connectivity index (χ4n) is 2.70. The zero-order chi connectivity index (χ0) is 16.1. The van der Waals surface area contributed by atoms with Gasteiger partial charge in [0.05, 0.1) is 13.0 Å². The summed E-state index contributed by atoms with van der Waals surface area (Å²) in [6.07, 6.45) is 4.76. The minimum atomic E-state index is -0.341. The van der Waals surface area contributed by atoms with Crippen molar-refractivity contribution in [2.45, 2.75) is 25.4 Å². The van der Waals surface area contributed by atoms with Crippen LogP contribution in [0.15, 0.2) is 42.9 Å². The second-order valence-electron chi connectivity index (χ2n) is 5.54. The van der Waals surface area contributed by atoms with Gasteiger partial charge in [0.1, 0.15) is 18.2 Å². The summed E-state index contributed by atoms with van der Waals surface area (Å²) in [5.74, 6) is 0.0890. The third-order valence-electron chi connectivity index (χ3n) is 3.87. The monoisotopic (exact) mass is 315 g/mol. The molecule has 0 N–H and O–H groups in total. The van der Waals surface area contributed by atoms with Crippen molar-refractivity contribution < 1.29 is 13.9 Å². The first kappa shape index (κ1) is 15.4. The van der Waals surface area contributed by atoms with E-state index in [4.69, 9.17) is 4.74 Å². The molecule has 2 heterocycles. The molecule has 0 bridgehead atoms. The molecule has 120 valence electrons. The van der Waals surface area contributed by atoms with E-state index in [0.29, 0.717) is 24.5 Å². The highest BCUT2D eigenvalue weighted by atomic mass is 19.1. The van der Waals surface area contributed by atoms with Crippen molar-refractivity contribution in [2.75, 3.05) is 13.1 Å². The largest absolute Gasteiger partial charge is 0.472 e. The summed E-state index contributed by atoms with van der Waals surface area (Å²) in [5.41, 5.74) is 0.427. The molecule has 3 rings (SSSR count). The first-order valence-corrected chi connectivity index (χ1v) is 7.66. The van der Waals surface area contributed by atoms with Crippen molar-refractivity contribution in [2.24, 2.45) is 0 Å². The Balaban J connectivity index is 1.59. The van der Waals surface area contributed by atoms with E-state index >= 15 is 0 Å². The van der Waals surface area contributed by atoms with Crippen LogP contribution in [-0.2, 0) is 11.2 Å². The van der Waals surface area contributed by atoms with Gasteiger partial charge < -0.3 is 9.64 Å². The number of hydrogen-bond donors (Lipinski definition) is 0. The number of amides is 1. The second-order valence-corrected chi connectivity index (χ2v) is 5.54. The average molecular weight is 315 g/mol. The van der Waals surface area contributed by atoms with Crippen LogP contribution < -0.4 is 4.74 Å². The Morgan fingerprint density at radius 1 is 1.35 bits per heavy atom. The van der Waals surface area contributed by atoms with Crippen molar-refractivity contribution in [1.82, 2.24) is 14.9 Å². The lowest BCUT2D eigenvalue weighted by molar-refractivity contribution is -0.133. The van der Waals surface area contributed by atoms with Gasteiger partial charge in [0.25, 0.3) is 0 Å². The van der Waals surface area contributed by atoms with Gasteiger partial charge in [-0.3, -0.25) is 4.79 Å². The molecule has 6 heteroatoms. The molecule has 0 radical (unpaired) electrons. The van der Waals surface area contributed by atoms with Gasteiger partial charge in [-0.25, -0.2) is 14.4 Å². The van der Waals surface area contributed by atoms with Crippen LogP contribution >= 0.6 is 0 Å². The molecule has 23 heavy (non-hydrogen) atoms. The first-order valence-electron chi connectivity index (χ1n) is 7.66. The molecule has 1 saturated heterocycles. The van der Waals surface area contributed by atoms with Gasteiger partial charge >= 0.3 is 0 Å². The highest BCUT2D eigenvalue weighted by Crippen LogP contribution is 2.17. The quantitative estimate of drug-likeness (QED) is 0.868.